The SMILES string of the molecule is CC1(c2cccc(NC(=O)c3ccc(NCCN)cn3)c2)CCSC(N)=N1. The van der Waals surface area contributed by atoms with Gasteiger partial charge in [0.05, 0.1) is 17.4 Å². The second-order valence-corrected chi connectivity index (χ2v) is 7.62. The molecule has 0 saturated carbocycles. The molecule has 0 saturated heterocycles. The van der Waals surface area contributed by atoms with Gasteiger partial charge in [0.15, 0.2) is 5.17 Å². The summed E-state index contributed by atoms with van der Waals surface area (Å²) >= 11 is 1.57. The number of pyridine rings is 1. The molecule has 7 nitrogen and oxygen atoms in total. The Morgan fingerprint density at radius 1 is 1.30 bits per heavy atom. The molecule has 1 atom stereocenters. The first kappa shape index (κ1) is 19.2. The van der Waals surface area contributed by atoms with Crippen molar-refractivity contribution in [2.24, 2.45) is 16.5 Å². The van der Waals surface area contributed by atoms with Gasteiger partial charge in [0.1, 0.15) is 5.69 Å². The number of carbonyl (C=O) groups is 1. The van der Waals surface area contributed by atoms with Crippen molar-refractivity contribution in [3.63, 3.8) is 0 Å². The van der Waals surface area contributed by atoms with Crippen molar-refractivity contribution in [3.8, 4) is 0 Å². The van der Waals surface area contributed by atoms with Crippen LogP contribution in [0.25, 0.3) is 0 Å². The Labute approximate surface area is 163 Å². The van der Waals surface area contributed by atoms with Crippen LogP contribution < -0.4 is 22.1 Å². The van der Waals surface area contributed by atoms with Gasteiger partial charge in [-0.15, -0.1) is 0 Å². The smallest absolute Gasteiger partial charge is 0.274 e. The Bertz CT molecular complexity index is 838. The molecule has 1 amide bonds. The molecule has 6 N–H and O–H groups in total. The van der Waals surface area contributed by atoms with Crippen molar-refractivity contribution in [2.45, 2.75) is 18.9 Å². The fourth-order valence-electron chi connectivity index (χ4n) is 2.87. The van der Waals surface area contributed by atoms with Crippen LogP contribution in [0, 0.1) is 0 Å². The van der Waals surface area contributed by atoms with Crippen LogP contribution in [0.2, 0.25) is 0 Å². The van der Waals surface area contributed by atoms with Crippen molar-refractivity contribution in [1.82, 2.24) is 4.98 Å². The zero-order valence-electron chi connectivity index (χ0n) is 15.2. The number of rotatable bonds is 6. The predicted octanol–water partition coefficient (Wildman–Crippen LogP) is 2.37. The molecule has 3 rings (SSSR count). The van der Waals surface area contributed by atoms with Crippen LogP contribution in [0.5, 0.6) is 0 Å². The third-order valence-electron chi connectivity index (χ3n) is 4.41. The minimum absolute atomic E-state index is 0.259. The van der Waals surface area contributed by atoms with E-state index in [1.54, 1.807) is 24.0 Å². The van der Waals surface area contributed by atoms with Gasteiger partial charge in [-0.05, 0) is 43.2 Å². The van der Waals surface area contributed by atoms with E-state index in [1.165, 1.54) is 0 Å². The number of nitrogens with two attached hydrogens (primary N) is 2. The molecule has 1 aliphatic heterocycles. The number of nitrogens with one attached hydrogen (secondary N) is 2. The quantitative estimate of drug-likeness (QED) is 0.607. The summed E-state index contributed by atoms with van der Waals surface area (Å²) in [5, 5.41) is 6.62. The van der Waals surface area contributed by atoms with E-state index in [-0.39, 0.29) is 11.4 Å². The second-order valence-electron chi connectivity index (χ2n) is 6.50. The number of thioether (sulfide) groups is 1. The molecule has 27 heavy (non-hydrogen) atoms. The van der Waals surface area contributed by atoms with Crippen LogP contribution in [-0.4, -0.2) is 34.9 Å². The molecule has 2 aromatic rings. The maximum atomic E-state index is 12.5. The molecule has 1 aromatic heterocycles. The first-order valence-corrected chi connectivity index (χ1v) is 9.79. The standard InChI is InChI=1S/C19H24N6OS/c1-19(7-10-27-18(21)25-19)13-3-2-4-14(11-13)24-17(26)16-6-5-15(12-23-16)22-9-8-20/h2-6,11-12,22H,7-10,20H2,1H3,(H2,21,25)(H,24,26). The first-order valence-electron chi connectivity index (χ1n) is 8.80. The molecule has 0 aliphatic carbocycles. The van der Waals surface area contributed by atoms with E-state index < -0.39 is 0 Å². The fourth-order valence-corrected chi connectivity index (χ4v) is 3.85. The van der Waals surface area contributed by atoms with Gasteiger partial charge in [-0.25, -0.2) is 4.98 Å². The third kappa shape index (κ3) is 4.78. The number of anilines is 2. The average Bonchev–Trinajstić information content (AvgIpc) is 2.67. The van der Waals surface area contributed by atoms with Gasteiger partial charge in [-0.3, -0.25) is 9.79 Å². The van der Waals surface area contributed by atoms with Gasteiger partial charge < -0.3 is 22.1 Å². The topological polar surface area (TPSA) is 118 Å². The summed E-state index contributed by atoms with van der Waals surface area (Å²) in [6.07, 6.45) is 2.52. The van der Waals surface area contributed by atoms with E-state index in [0.717, 1.165) is 23.4 Å². The van der Waals surface area contributed by atoms with E-state index >= 15 is 0 Å². The summed E-state index contributed by atoms with van der Waals surface area (Å²) in [4.78, 5) is 21.3. The maximum absolute atomic E-state index is 12.5. The van der Waals surface area contributed by atoms with E-state index in [4.69, 9.17) is 11.5 Å². The number of carbonyl (C=O) groups excluding carboxylic acids is 1. The first-order chi connectivity index (χ1) is 13.0. The summed E-state index contributed by atoms with van der Waals surface area (Å²) in [6, 6.07) is 11.2. The van der Waals surface area contributed by atoms with Gasteiger partial charge in [0.25, 0.3) is 5.91 Å². The van der Waals surface area contributed by atoms with E-state index in [9.17, 15) is 4.79 Å². The monoisotopic (exact) mass is 384 g/mol. The largest absolute Gasteiger partial charge is 0.383 e. The van der Waals surface area contributed by atoms with E-state index in [0.29, 0.717) is 29.6 Å². The summed E-state index contributed by atoms with van der Waals surface area (Å²) in [5.41, 5.74) is 13.9. The molecule has 2 heterocycles. The highest BCUT2D eigenvalue weighted by atomic mass is 32.2. The number of benzene rings is 1. The second kappa shape index (κ2) is 8.41. The number of aromatic nitrogens is 1. The Morgan fingerprint density at radius 2 is 2.15 bits per heavy atom. The van der Waals surface area contributed by atoms with Crippen LogP contribution in [-0.2, 0) is 5.54 Å². The van der Waals surface area contributed by atoms with Crippen LogP contribution >= 0.6 is 11.8 Å². The van der Waals surface area contributed by atoms with Crippen LogP contribution in [0.15, 0.2) is 47.6 Å². The summed E-state index contributed by atoms with van der Waals surface area (Å²) in [6.45, 7) is 3.26. The highest BCUT2D eigenvalue weighted by Gasteiger charge is 2.29. The third-order valence-corrected chi connectivity index (χ3v) is 5.20. The lowest BCUT2D eigenvalue weighted by Crippen LogP contribution is -2.28. The normalized spacial score (nSPS) is 19.3. The Morgan fingerprint density at radius 3 is 2.85 bits per heavy atom. The van der Waals surface area contributed by atoms with E-state index in [2.05, 4.69) is 27.5 Å². The number of hydrogen-bond acceptors (Lipinski definition) is 7. The molecule has 1 aromatic carbocycles. The maximum Gasteiger partial charge on any atom is 0.274 e. The average molecular weight is 385 g/mol. The molecule has 0 bridgehead atoms. The summed E-state index contributed by atoms with van der Waals surface area (Å²) < 4.78 is 0. The molecular weight excluding hydrogens is 360 g/mol. The van der Waals surface area contributed by atoms with Crippen molar-refractivity contribution in [2.75, 3.05) is 29.5 Å². The van der Waals surface area contributed by atoms with Gasteiger partial charge in [-0.2, -0.15) is 0 Å². The molecule has 0 radical (unpaired) electrons. The Kier molecular flexibility index (Phi) is 5.98. The summed E-state index contributed by atoms with van der Waals surface area (Å²) in [7, 11) is 0. The van der Waals surface area contributed by atoms with Gasteiger partial charge in [0.2, 0.25) is 0 Å². The molecule has 1 aliphatic rings. The number of aliphatic imine (C=N–C) groups is 1. The van der Waals surface area contributed by atoms with Gasteiger partial charge in [-0.1, -0.05) is 23.9 Å². The van der Waals surface area contributed by atoms with Gasteiger partial charge >= 0.3 is 0 Å². The molecular formula is C19H24N6OS. The van der Waals surface area contributed by atoms with E-state index in [1.807, 2.05) is 30.3 Å². The van der Waals surface area contributed by atoms with Crippen molar-refractivity contribution >= 4 is 34.2 Å². The Hall–Kier alpha value is -2.58. The zero-order valence-corrected chi connectivity index (χ0v) is 16.1. The highest BCUT2D eigenvalue weighted by Crippen LogP contribution is 2.35. The van der Waals surface area contributed by atoms with Crippen LogP contribution in [0.1, 0.15) is 29.4 Å². The zero-order chi connectivity index (χ0) is 19.3. The predicted molar refractivity (Wildman–Crippen MR) is 112 cm³/mol. The molecule has 1 unspecified atom stereocenters. The van der Waals surface area contributed by atoms with Gasteiger partial charge in [0, 0.05) is 24.5 Å². The molecule has 0 fully saturated rings. The number of amides is 1. The number of nitrogens with zero attached hydrogens (tertiary/aromatic N) is 2. The lowest BCUT2D eigenvalue weighted by atomic mass is 9.89. The van der Waals surface area contributed by atoms with Crippen molar-refractivity contribution in [1.29, 1.82) is 0 Å². The minimum atomic E-state index is -0.370. The number of hydrogen-bond donors (Lipinski definition) is 4. The summed E-state index contributed by atoms with van der Waals surface area (Å²) in [5.74, 6) is 0.668. The molecule has 8 heteroatoms. The highest BCUT2D eigenvalue weighted by molar-refractivity contribution is 8.13. The van der Waals surface area contributed by atoms with Crippen LogP contribution in [0.4, 0.5) is 11.4 Å². The Balaban J connectivity index is 1.72. The van der Waals surface area contributed by atoms with Crippen molar-refractivity contribution < 1.29 is 4.79 Å². The molecule has 142 valence electrons. The lowest BCUT2D eigenvalue weighted by molar-refractivity contribution is 0.102. The lowest BCUT2D eigenvalue weighted by Gasteiger charge is -2.30. The fraction of sp³-hybridized carbons (Fsp3) is 0.316. The minimum Gasteiger partial charge on any atom is -0.383 e. The van der Waals surface area contributed by atoms with Crippen LogP contribution in [0.3, 0.4) is 0 Å². The molecule has 0 spiro atoms. The van der Waals surface area contributed by atoms with Crippen molar-refractivity contribution in [3.05, 3.63) is 53.9 Å². The number of amidine groups is 1.